The third-order valence-corrected chi connectivity index (χ3v) is 3.92. The molecule has 130 valence electrons. The number of aromatic hydroxyl groups is 1. The number of nitrogens with zero attached hydrogens (tertiary/aromatic N) is 3. The van der Waals surface area contributed by atoms with Crippen LogP contribution in [0.15, 0.2) is 11.3 Å². The minimum Gasteiger partial charge on any atom is -0.505 e. The number of amides is 2. The predicted octanol–water partition coefficient (Wildman–Crippen LogP) is 0.441. The fourth-order valence-corrected chi connectivity index (χ4v) is 2.51. The number of carbonyl (C=O) groups excluding carboxylic acids is 2. The van der Waals surface area contributed by atoms with Crippen LogP contribution in [0.1, 0.15) is 42.5 Å². The Morgan fingerprint density at radius 3 is 3.00 bits per heavy atom. The van der Waals surface area contributed by atoms with Gasteiger partial charge in [-0.05, 0) is 19.8 Å². The van der Waals surface area contributed by atoms with E-state index in [4.69, 9.17) is 0 Å². The Kier molecular flexibility index (Phi) is 6.25. The van der Waals surface area contributed by atoms with Crippen molar-refractivity contribution in [2.75, 3.05) is 13.1 Å². The Morgan fingerprint density at radius 1 is 1.46 bits per heavy atom. The molecule has 0 spiro atoms. The molecule has 8 heteroatoms. The molecule has 1 aliphatic heterocycles. The van der Waals surface area contributed by atoms with Gasteiger partial charge in [-0.3, -0.25) is 14.6 Å². The van der Waals surface area contributed by atoms with Crippen LogP contribution in [0.2, 0.25) is 0 Å². The topological polar surface area (TPSA) is 115 Å². The van der Waals surface area contributed by atoms with Crippen LogP contribution in [0.3, 0.4) is 0 Å². The van der Waals surface area contributed by atoms with Crippen LogP contribution in [0.5, 0.6) is 5.75 Å². The van der Waals surface area contributed by atoms with Crippen molar-refractivity contribution in [2.45, 2.75) is 39.2 Å². The van der Waals surface area contributed by atoms with Gasteiger partial charge >= 0.3 is 0 Å². The van der Waals surface area contributed by atoms with Gasteiger partial charge in [-0.1, -0.05) is 6.42 Å². The molecule has 0 aromatic carbocycles. The van der Waals surface area contributed by atoms with Crippen molar-refractivity contribution in [2.24, 2.45) is 5.10 Å². The second-order valence-electron chi connectivity index (χ2n) is 5.71. The summed E-state index contributed by atoms with van der Waals surface area (Å²) in [7, 11) is 0. The molecular weight excluding hydrogens is 312 g/mol. The molecular formula is C16H22N4O4. The standard InChI is InChI=1S/C16H22N4O4/c1-11-16(24)13(12(10-21)7-17-11)8-18-19-14(22)9-20-6-4-2-3-5-15(20)23/h7-8,21,24H,2-6,9-10H2,1H3,(H,19,22)/b18-8+. The number of aryl methyl sites for hydroxylation is 1. The van der Waals surface area contributed by atoms with Crippen molar-refractivity contribution >= 4 is 18.0 Å². The van der Waals surface area contributed by atoms with Crippen molar-refractivity contribution in [3.05, 3.63) is 23.0 Å². The summed E-state index contributed by atoms with van der Waals surface area (Å²) in [6, 6.07) is 0. The number of rotatable bonds is 5. The highest BCUT2D eigenvalue weighted by molar-refractivity contribution is 5.88. The third-order valence-electron chi connectivity index (χ3n) is 3.92. The van der Waals surface area contributed by atoms with E-state index in [1.54, 1.807) is 6.92 Å². The Bertz CT molecular complexity index is 645. The lowest BCUT2D eigenvalue weighted by atomic mass is 10.1. The molecule has 1 aromatic rings. The Hall–Kier alpha value is -2.48. The van der Waals surface area contributed by atoms with Gasteiger partial charge in [-0.15, -0.1) is 0 Å². The summed E-state index contributed by atoms with van der Waals surface area (Å²) in [6.45, 7) is 1.86. The molecule has 0 saturated carbocycles. The van der Waals surface area contributed by atoms with E-state index in [2.05, 4.69) is 15.5 Å². The lowest BCUT2D eigenvalue weighted by Crippen LogP contribution is -2.39. The fourth-order valence-electron chi connectivity index (χ4n) is 2.51. The van der Waals surface area contributed by atoms with Crippen molar-refractivity contribution in [3.8, 4) is 5.75 Å². The van der Waals surface area contributed by atoms with Gasteiger partial charge in [-0.25, -0.2) is 5.43 Å². The van der Waals surface area contributed by atoms with E-state index in [0.29, 0.717) is 29.8 Å². The minimum atomic E-state index is -0.405. The summed E-state index contributed by atoms with van der Waals surface area (Å²) in [6.07, 6.45) is 5.92. The van der Waals surface area contributed by atoms with E-state index >= 15 is 0 Å². The van der Waals surface area contributed by atoms with Crippen LogP contribution < -0.4 is 5.43 Å². The number of likely N-dealkylation sites (tertiary alicyclic amines) is 1. The molecule has 2 heterocycles. The third kappa shape index (κ3) is 4.51. The number of pyridine rings is 1. The normalized spacial score (nSPS) is 15.6. The zero-order valence-electron chi connectivity index (χ0n) is 13.7. The zero-order valence-corrected chi connectivity index (χ0v) is 13.7. The SMILES string of the molecule is Cc1ncc(CO)c(/C=N/NC(=O)CN2CCCCCC2=O)c1O. The molecule has 8 nitrogen and oxygen atoms in total. The van der Waals surface area contributed by atoms with E-state index in [0.717, 1.165) is 19.3 Å². The molecule has 1 fully saturated rings. The molecule has 0 unspecified atom stereocenters. The van der Waals surface area contributed by atoms with Crippen molar-refractivity contribution in [3.63, 3.8) is 0 Å². The summed E-state index contributed by atoms with van der Waals surface area (Å²) in [5.74, 6) is -0.517. The molecule has 3 N–H and O–H groups in total. The average molecular weight is 334 g/mol. The Labute approximate surface area is 140 Å². The van der Waals surface area contributed by atoms with Gasteiger partial charge < -0.3 is 15.1 Å². The molecule has 2 rings (SSSR count). The number of hydrogen-bond acceptors (Lipinski definition) is 6. The van der Waals surface area contributed by atoms with E-state index in [1.807, 2.05) is 0 Å². The molecule has 24 heavy (non-hydrogen) atoms. The summed E-state index contributed by atoms with van der Waals surface area (Å²) in [5.41, 5.74) is 3.44. The second-order valence-corrected chi connectivity index (χ2v) is 5.71. The quantitative estimate of drug-likeness (QED) is 0.534. The van der Waals surface area contributed by atoms with Crippen LogP contribution >= 0.6 is 0 Å². The highest BCUT2D eigenvalue weighted by Crippen LogP contribution is 2.21. The van der Waals surface area contributed by atoms with Gasteiger partial charge in [0.15, 0.2) is 0 Å². The largest absolute Gasteiger partial charge is 0.505 e. The molecule has 1 aliphatic rings. The molecule has 0 bridgehead atoms. The van der Waals surface area contributed by atoms with E-state index in [9.17, 15) is 19.8 Å². The smallest absolute Gasteiger partial charge is 0.259 e. The maximum Gasteiger partial charge on any atom is 0.259 e. The minimum absolute atomic E-state index is 0.0170. The fraction of sp³-hybridized carbons (Fsp3) is 0.500. The van der Waals surface area contributed by atoms with Crippen molar-refractivity contribution in [1.29, 1.82) is 0 Å². The lowest BCUT2D eigenvalue weighted by molar-refractivity contribution is -0.135. The van der Waals surface area contributed by atoms with Gasteiger partial charge in [0.25, 0.3) is 5.91 Å². The first-order chi connectivity index (χ1) is 11.5. The van der Waals surface area contributed by atoms with Crippen LogP contribution in [0.4, 0.5) is 0 Å². The molecule has 0 radical (unpaired) electrons. The first kappa shape index (κ1) is 17.9. The second kappa shape index (κ2) is 8.39. The first-order valence-corrected chi connectivity index (χ1v) is 7.91. The lowest BCUT2D eigenvalue weighted by Gasteiger charge is -2.18. The Morgan fingerprint density at radius 2 is 2.25 bits per heavy atom. The van der Waals surface area contributed by atoms with Crippen LogP contribution in [0, 0.1) is 6.92 Å². The van der Waals surface area contributed by atoms with Crippen LogP contribution in [-0.4, -0.2) is 51.2 Å². The van der Waals surface area contributed by atoms with Crippen LogP contribution in [-0.2, 0) is 16.2 Å². The summed E-state index contributed by atoms with van der Waals surface area (Å²) in [5, 5.41) is 23.0. The number of aliphatic hydroxyl groups excluding tert-OH is 1. The molecule has 1 aromatic heterocycles. The monoisotopic (exact) mass is 334 g/mol. The molecule has 0 atom stereocenters. The average Bonchev–Trinajstić information content (AvgIpc) is 2.76. The number of hydrogen-bond donors (Lipinski definition) is 3. The number of nitrogens with one attached hydrogen (secondary N) is 1. The maximum absolute atomic E-state index is 11.9. The number of aliphatic hydroxyl groups is 1. The molecule has 2 amide bonds. The zero-order chi connectivity index (χ0) is 17.5. The van der Waals surface area contributed by atoms with Crippen molar-refractivity contribution < 1.29 is 19.8 Å². The van der Waals surface area contributed by atoms with Gasteiger partial charge in [0, 0.05) is 30.3 Å². The van der Waals surface area contributed by atoms with Crippen molar-refractivity contribution in [1.82, 2.24) is 15.3 Å². The van der Waals surface area contributed by atoms with E-state index in [1.165, 1.54) is 17.3 Å². The van der Waals surface area contributed by atoms with Gasteiger partial charge in [0.2, 0.25) is 5.91 Å². The van der Waals surface area contributed by atoms with Gasteiger partial charge in [0.05, 0.1) is 18.5 Å². The highest BCUT2D eigenvalue weighted by atomic mass is 16.3. The number of carbonyl (C=O) groups is 2. The van der Waals surface area contributed by atoms with Gasteiger partial charge in [0.1, 0.15) is 12.3 Å². The summed E-state index contributed by atoms with van der Waals surface area (Å²) < 4.78 is 0. The number of hydrazone groups is 1. The summed E-state index contributed by atoms with van der Waals surface area (Å²) in [4.78, 5) is 29.3. The number of aromatic nitrogens is 1. The van der Waals surface area contributed by atoms with E-state index < -0.39 is 5.91 Å². The maximum atomic E-state index is 11.9. The first-order valence-electron chi connectivity index (χ1n) is 7.91. The van der Waals surface area contributed by atoms with E-state index in [-0.39, 0.29) is 24.8 Å². The molecule has 1 saturated heterocycles. The Balaban J connectivity index is 1.97. The molecule has 0 aliphatic carbocycles. The predicted molar refractivity (Wildman–Crippen MR) is 87.3 cm³/mol. The summed E-state index contributed by atoms with van der Waals surface area (Å²) >= 11 is 0. The van der Waals surface area contributed by atoms with Crippen LogP contribution in [0.25, 0.3) is 0 Å². The highest BCUT2D eigenvalue weighted by Gasteiger charge is 2.19. The van der Waals surface area contributed by atoms with Gasteiger partial charge in [-0.2, -0.15) is 5.10 Å².